The van der Waals surface area contributed by atoms with Crippen molar-refractivity contribution in [3.05, 3.63) is 60.4 Å². The van der Waals surface area contributed by atoms with Gasteiger partial charge in [0.1, 0.15) is 11.3 Å². The van der Waals surface area contributed by atoms with Gasteiger partial charge in [0.2, 0.25) is 0 Å². The SMILES string of the molecule is CS(=O)(=O)c1cccc(NCc2cc3ccccc3o2)c1. The van der Waals surface area contributed by atoms with E-state index in [4.69, 9.17) is 4.42 Å². The maximum absolute atomic E-state index is 11.5. The van der Waals surface area contributed by atoms with Crippen LogP contribution >= 0.6 is 0 Å². The first-order valence-corrected chi connectivity index (χ1v) is 8.43. The molecule has 0 aliphatic heterocycles. The van der Waals surface area contributed by atoms with Crippen LogP contribution in [0.25, 0.3) is 11.0 Å². The van der Waals surface area contributed by atoms with Gasteiger partial charge in [0, 0.05) is 17.3 Å². The van der Waals surface area contributed by atoms with Crippen LogP contribution in [0.4, 0.5) is 5.69 Å². The van der Waals surface area contributed by atoms with Gasteiger partial charge >= 0.3 is 0 Å². The van der Waals surface area contributed by atoms with Gasteiger partial charge in [0.15, 0.2) is 9.84 Å². The Morgan fingerprint density at radius 2 is 1.86 bits per heavy atom. The molecule has 0 radical (unpaired) electrons. The van der Waals surface area contributed by atoms with Crippen LogP contribution in [0.5, 0.6) is 0 Å². The van der Waals surface area contributed by atoms with Crippen molar-refractivity contribution in [1.29, 1.82) is 0 Å². The number of sulfone groups is 1. The molecule has 5 heteroatoms. The highest BCUT2D eigenvalue weighted by Gasteiger charge is 2.08. The molecule has 0 aliphatic rings. The largest absolute Gasteiger partial charge is 0.459 e. The highest BCUT2D eigenvalue weighted by Crippen LogP contribution is 2.20. The summed E-state index contributed by atoms with van der Waals surface area (Å²) in [7, 11) is -3.19. The second-order valence-corrected chi connectivity index (χ2v) is 6.92. The topological polar surface area (TPSA) is 59.3 Å². The summed E-state index contributed by atoms with van der Waals surface area (Å²) in [6.07, 6.45) is 1.20. The van der Waals surface area contributed by atoms with Crippen molar-refractivity contribution in [3.63, 3.8) is 0 Å². The van der Waals surface area contributed by atoms with Crippen LogP contribution in [-0.2, 0) is 16.4 Å². The van der Waals surface area contributed by atoms with E-state index in [0.29, 0.717) is 11.4 Å². The van der Waals surface area contributed by atoms with Gasteiger partial charge in [-0.2, -0.15) is 0 Å². The van der Waals surface area contributed by atoms with Crippen molar-refractivity contribution >= 4 is 26.5 Å². The first-order valence-electron chi connectivity index (χ1n) is 6.54. The number of rotatable bonds is 4. The summed E-state index contributed by atoms with van der Waals surface area (Å²) < 4.78 is 28.8. The molecule has 1 heterocycles. The average Bonchev–Trinajstić information content (AvgIpc) is 2.87. The zero-order chi connectivity index (χ0) is 14.9. The van der Waals surface area contributed by atoms with Gasteiger partial charge < -0.3 is 9.73 Å². The normalized spacial score (nSPS) is 11.7. The monoisotopic (exact) mass is 301 g/mol. The maximum atomic E-state index is 11.5. The molecule has 3 aromatic rings. The van der Waals surface area contributed by atoms with Gasteiger partial charge in [-0.15, -0.1) is 0 Å². The lowest BCUT2D eigenvalue weighted by Crippen LogP contribution is -2.01. The lowest BCUT2D eigenvalue weighted by molar-refractivity contribution is 0.559. The van der Waals surface area contributed by atoms with Crippen LogP contribution in [0.3, 0.4) is 0 Å². The fourth-order valence-electron chi connectivity index (χ4n) is 2.15. The van der Waals surface area contributed by atoms with Crippen molar-refractivity contribution in [3.8, 4) is 0 Å². The number of hydrogen-bond acceptors (Lipinski definition) is 4. The van der Waals surface area contributed by atoms with E-state index in [-0.39, 0.29) is 0 Å². The first kappa shape index (κ1) is 13.7. The Kier molecular flexibility index (Phi) is 3.43. The molecule has 0 saturated carbocycles. The van der Waals surface area contributed by atoms with Crippen LogP contribution in [0.15, 0.2) is 63.9 Å². The molecule has 21 heavy (non-hydrogen) atoms. The van der Waals surface area contributed by atoms with E-state index in [0.717, 1.165) is 22.4 Å². The fourth-order valence-corrected chi connectivity index (χ4v) is 2.82. The summed E-state index contributed by atoms with van der Waals surface area (Å²) in [6, 6.07) is 16.5. The Balaban J connectivity index is 1.78. The molecule has 1 aromatic heterocycles. The summed E-state index contributed by atoms with van der Waals surface area (Å²) >= 11 is 0. The van der Waals surface area contributed by atoms with E-state index in [1.165, 1.54) is 6.26 Å². The molecular formula is C16H15NO3S. The second kappa shape index (κ2) is 5.26. The summed E-state index contributed by atoms with van der Waals surface area (Å²) in [4.78, 5) is 0.303. The van der Waals surface area contributed by atoms with E-state index >= 15 is 0 Å². The van der Waals surface area contributed by atoms with Crippen molar-refractivity contribution < 1.29 is 12.8 Å². The van der Waals surface area contributed by atoms with Crippen LogP contribution in [0.2, 0.25) is 0 Å². The number of benzene rings is 2. The molecule has 2 aromatic carbocycles. The van der Waals surface area contributed by atoms with E-state index in [1.807, 2.05) is 36.4 Å². The molecule has 0 atom stereocenters. The summed E-state index contributed by atoms with van der Waals surface area (Å²) in [5.41, 5.74) is 1.59. The van der Waals surface area contributed by atoms with Gasteiger partial charge in [-0.25, -0.2) is 8.42 Å². The van der Waals surface area contributed by atoms with Crippen LogP contribution in [0, 0.1) is 0 Å². The quantitative estimate of drug-likeness (QED) is 0.802. The number of hydrogen-bond donors (Lipinski definition) is 1. The van der Waals surface area contributed by atoms with E-state index in [9.17, 15) is 8.42 Å². The van der Waals surface area contributed by atoms with Gasteiger partial charge in [-0.1, -0.05) is 24.3 Å². The predicted octanol–water partition coefficient (Wildman–Crippen LogP) is 3.45. The average molecular weight is 301 g/mol. The van der Waals surface area contributed by atoms with Crippen LogP contribution in [0.1, 0.15) is 5.76 Å². The lowest BCUT2D eigenvalue weighted by Gasteiger charge is -2.06. The molecule has 108 valence electrons. The Morgan fingerprint density at radius 3 is 2.62 bits per heavy atom. The minimum absolute atomic E-state index is 0.303. The van der Waals surface area contributed by atoms with Crippen molar-refractivity contribution in [1.82, 2.24) is 0 Å². The molecule has 4 nitrogen and oxygen atoms in total. The number of para-hydroxylation sites is 1. The van der Waals surface area contributed by atoms with Crippen LogP contribution < -0.4 is 5.32 Å². The number of fused-ring (bicyclic) bond motifs is 1. The zero-order valence-electron chi connectivity index (χ0n) is 11.5. The molecule has 0 amide bonds. The number of furan rings is 1. The highest BCUT2D eigenvalue weighted by molar-refractivity contribution is 7.90. The molecule has 0 bridgehead atoms. The van der Waals surface area contributed by atoms with Crippen molar-refractivity contribution in [2.24, 2.45) is 0 Å². The van der Waals surface area contributed by atoms with Crippen molar-refractivity contribution in [2.75, 3.05) is 11.6 Å². The van der Waals surface area contributed by atoms with Gasteiger partial charge in [0.05, 0.1) is 11.4 Å². The zero-order valence-corrected chi connectivity index (χ0v) is 12.4. The highest BCUT2D eigenvalue weighted by atomic mass is 32.2. The molecule has 0 saturated heterocycles. The molecule has 0 unspecified atom stereocenters. The number of anilines is 1. The van der Waals surface area contributed by atoms with E-state index < -0.39 is 9.84 Å². The Bertz CT molecular complexity index is 848. The third-order valence-corrected chi connectivity index (χ3v) is 4.32. The van der Waals surface area contributed by atoms with E-state index in [2.05, 4.69) is 5.32 Å². The maximum Gasteiger partial charge on any atom is 0.175 e. The first-order chi connectivity index (χ1) is 10.0. The third-order valence-electron chi connectivity index (χ3n) is 3.21. The molecule has 0 fully saturated rings. The Labute approximate surface area is 123 Å². The molecule has 0 spiro atoms. The summed E-state index contributed by atoms with van der Waals surface area (Å²) in [5.74, 6) is 0.806. The van der Waals surface area contributed by atoms with E-state index in [1.54, 1.807) is 18.2 Å². The molecule has 1 N–H and O–H groups in total. The molecule has 0 aliphatic carbocycles. The molecule has 3 rings (SSSR count). The molecular weight excluding hydrogens is 286 g/mol. The van der Waals surface area contributed by atoms with Gasteiger partial charge in [-0.3, -0.25) is 0 Å². The predicted molar refractivity (Wildman–Crippen MR) is 83.1 cm³/mol. The van der Waals surface area contributed by atoms with Crippen molar-refractivity contribution in [2.45, 2.75) is 11.4 Å². The summed E-state index contributed by atoms with van der Waals surface area (Å²) in [5, 5.41) is 4.23. The minimum atomic E-state index is -3.19. The van der Waals surface area contributed by atoms with Gasteiger partial charge in [-0.05, 0) is 30.3 Å². The Morgan fingerprint density at radius 1 is 1.05 bits per heavy atom. The smallest absolute Gasteiger partial charge is 0.175 e. The number of nitrogens with one attached hydrogen (secondary N) is 1. The lowest BCUT2D eigenvalue weighted by atomic mass is 10.2. The second-order valence-electron chi connectivity index (χ2n) is 4.90. The summed E-state index contributed by atoms with van der Waals surface area (Å²) in [6.45, 7) is 0.502. The Hall–Kier alpha value is -2.27. The fraction of sp³-hybridized carbons (Fsp3) is 0.125. The van der Waals surface area contributed by atoms with Crippen LogP contribution in [-0.4, -0.2) is 14.7 Å². The standard InChI is InChI=1S/C16H15NO3S/c1-21(18,19)15-7-4-6-13(10-15)17-11-14-9-12-5-2-3-8-16(12)20-14/h2-10,17H,11H2,1H3. The third kappa shape index (κ3) is 3.08. The minimum Gasteiger partial charge on any atom is -0.459 e. The van der Waals surface area contributed by atoms with Gasteiger partial charge in [0.25, 0.3) is 0 Å².